The van der Waals surface area contributed by atoms with Gasteiger partial charge in [0.05, 0.1) is 5.56 Å². The van der Waals surface area contributed by atoms with E-state index in [1.54, 1.807) is 6.07 Å². The summed E-state index contributed by atoms with van der Waals surface area (Å²) >= 11 is 6.00. The Labute approximate surface area is 181 Å². The maximum atomic E-state index is 13.3. The lowest BCUT2D eigenvalue weighted by molar-refractivity contribution is -0.137. The summed E-state index contributed by atoms with van der Waals surface area (Å²) in [6.07, 6.45) is -0.592. The molecule has 0 radical (unpaired) electrons. The van der Waals surface area contributed by atoms with Gasteiger partial charge in [-0.2, -0.15) is 13.2 Å². The molecule has 30 heavy (non-hydrogen) atoms. The average molecular weight is 437 g/mol. The third-order valence-corrected chi connectivity index (χ3v) is 6.67. The van der Waals surface area contributed by atoms with Crippen molar-refractivity contribution >= 4 is 11.6 Å². The molecular formula is C24H28ClF3N2. The van der Waals surface area contributed by atoms with Crippen LogP contribution in [-0.2, 0) is 12.7 Å². The van der Waals surface area contributed by atoms with Crippen molar-refractivity contribution in [1.29, 1.82) is 0 Å². The van der Waals surface area contributed by atoms with E-state index < -0.39 is 11.7 Å². The summed E-state index contributed by atoms with van der Waals surface area (Å²) in [7, 11) is 0. The zero-order chi connectivity index (χ0) is 21.1. The van der Waals surface area contributed by atoms with Gasteiger partial charge in [-0.1, -0.05) is 48.4 Å². The summed E-state index contributed by atoms with van der Waals surface area (Å²) in [4.78, 5) is 4.88. The Morgan fingerprint density at radius 1 is 0.900 bits per heavy atom. The van der Waals surface area contributed by atoms with Crippen molar-refractivity contribution in [3.05, 3.63) is 70.2 Å². The van der Waals surface area contributed by atoms with Gasteiger partial charge in [0.1, 0.15) is 0 Å². The highest BCUT2D eigenvalue weighted by Crippen LogP contribution is 2.37. The molecular weight excluding hydrogens is 409 g/mol. The maximum absolute atomic E-state index is 13.3. The highest BCUT2D eigenvalue weighted by atomic mass is 35.5. The van der Waals surface area contributed by atoms with Gasteiger partial charge in [0, 0.05) is 37.1 Å². The van der Waals surface area contributed by atoms with Gasteiger partial charge in [-0.3, -0.25) is 4.90 Å². The lowest BCUT2D eigenvalue weighted by Crippen LogP contribution is -2.36. The van der Waals surface area contributed by atoms with E-state index in [2.05, 4.69) is 9.80 Å². The van der Waals surface area contributed by atoms with Crippen molar-refractivity contribution in [3.63, 3.8) is 0 Å². The topological polar surface area (TPSA) is 6.48 Å². The summed E-state index contributed by atoms with van der Waals surface area (Å²) in [6, 6.07) is 13.8. The molecule has 0 amide bonds. The summed E-state index contributed by atoms with van der Waals surface area (Å²) in [6.45, 7) is 5.63. The Balaban J connectivity index is 1.54. The molecule has 2 aromatic carbocycles. The second-order valence-electron chi connectivity index (χ2n) is 8.67. The van der Waals surface area contributed by atoms with Gasteiger partial charge in [0.15, 0.2) is 0 Å². The molecule has 2 heterocycles. The van der Waals surface area contributed by atoms with Crippen molar-refractivity contribution in [2.75, 3.05) is 32.7 Å². The van der Waals surface area contributed by atoms with Crippen molar-refractivity contribution < 1.29 is 13.2 Å². The van der Waals surface area contributed by atoms with Crippen molar-refractivity contribution in [3.8, 4) is 0 Å². The van der Waals surface area contributed by atoms with Crippen LogP contribution in [0.25, 0.3) is 0 Å². The first-order valence-electron chi connectivity index (χ1n) is 10.7. The van der Waals surface area contributed by atoms with Crippen molar-refractivity contribution in [2.45, 2.75) is 37.9 Å². The lowest BCUT2D eigenvalue weighted by atomic mass is 9.87. The number of hydrogen-bond donors (Lipinski definition) is 0. The average Bonchev–Trinajstić information content (AvgIpc) is 3.12. The molecule has 2 saturated heterocycles. The Morgan fingerprint density at radius 2 is 1.63 bits per heavy atom. The van der Waals surface area contributed by atoms with Crippen LogP contribution in [0.3, 0.4) is 0 Å². The zero-order valence-corrected chi connectivity index (χ0v) is 17.8. The van der Waals surface area contributed by atoms with Crippen LogP contribution in [0.5, 0.6) is 0 Å². The fourth-order valence-electron chi connectivity index (χ4n) is 4.92. The highest BCUT2D eigenvalue weighted by molar-refractivity contribution is 6.30. The van der Waals surface area contributed by atoms with Crippen LogP contribution in [0.4, 0.5) is 13.2 Å². The van der Waals surface area contributed by atoms with E-state index in [9.17, 15) is 13.2 Å². The third-order valence-electron chi connectivity index (χ3n) is 6.42. The van der Waals surface area contributed by atoms with Crippen molar-refractivity contribution in [1.82, 2.24) is 9.80 Å². The Hall–Kier alpha value is -1.56. The minimum atomic E-state index is -4.31. The van der Waals surface area contributed by atoms with Crippen LogP contribution in [0.2, 0.25) is 5.02 Å². The fourth-order valence-corrected chi connectivity index (χ4v) is 5.05. The molecule has 0 spiro atoms. The van der Waals surface area contributed by atoms with Gasteiger partial charge in [0.2, 0.25) is 0 Å². The zero-order valence-electron chi connectivity index (χ0n) is 17.0. The van der Waals surface area contributed by atoms with Crippen LogP contribution in [0, 0.1) is 5.92 Å². The monoisotopic (exact) mass is 436 g/mol. The number of rotatable bonds is 5. The summed E-state index contributed by atoms with van der Waals surface area (Å²) in [5.41, 5.74) is 1.44. The minimum Gasteiger partial charge on any atom is -0.303 e. The predicted octanol–water partition coefficient (Wildman–Crippen LogP) is 6.06. The molecule has 6 heteroatoms. The number of benzene rings is 2. The molecule has 2 aromatic rings. The van der Waals surface area contributed by atoms with Crippen LogP contribution in [-0.4, -0.2) is 42.5 Å². The number of piperidine rings is 1. The van der Waals surface area contributed by atoms with Crippen LogP contribution < -0.4 is 0 Å². The van der Waals surface area contributed by atoms with Gasteiger partial charge in [-0.15, -0.1) is 0 Å². The quantitative estimate of drug-likeness (QED) is 0.562. The molecule has 2 fully saturated rings. The Morgan fingerprint density at radius 3 is 2.33 bits per heavy atom. The first-order valence-corrected chi connectivity index (χ1v) is 11.1. The van der Waals surface area contributed by atoms with Gasteiger partial charge >= 0.3 is 6.18 Å². The second kappa shape index (κ2) is 9.29. The second-order valence-corrected chi connectivity index (χ2v) is 9.11. The molecule has 0 unspecified atom stereocenters. The molecule has 0 aromatic heterocycles. The molecule has 2 nitrogen and oxygen atoms in total. The first kappa shape index (κ1) is 21.7. The Bertz CT molecular complexity index is 831. The summed E-state index contributed by atoms with van der Waals surface area (Å²) < 4.78 is 39.9. The first-order chi connectivity index (χ1) is 14.4. The molecule has 0 N–H and O–H groups in total. The largest absolute Gasteiger partial charge is 0.416 e. The molecule has 2 aliphatic heterocycles. The normalized spacial score (nSPS) is 23.7. The van der Waals surface area contributed by atoms with Crippen LogP contribution in [0.1, 0.15) is 41.9 Å². The van der Waals surface area contributed by atoms with Gasteiger partial charge in [-0.05, 0) is 61.2 Å². The molecule has 0 aliphatic carbocycles. The molecule has 4 rings (SSSR count). The minimum absolute atomic E-state index is 0.113. The fraction of sp³-hybridized carbons (Fsp3) is 0.500. The Kier molecular flexibility index (Phi) is 6.71. The molecule has 162 valence electrons. The third kappa shape index (κ3) is 5.37. The number of alkyl halides is 3. The number of nitrogens with zero attached hydrogens (tertiary/aromatic N) is 2. The van der Waals surface area contributed by atoms with E-state index in [4.69, 9.17) is 11.6 Å². The van der Waals surface area contributed by atoms with Crippen LogP contribution in [0.15, 0.2) is 48.5 Å². The van der Waals surface area contributed by atoms with E-state index in [1.807, 2.05) is 30.3 Å². The standard InChI is InChI=1S/C24H28ClF3N2/c25-22-9-7-18(8-10-22)14-30-16-20(15-29-11-2-1-3-12-29)23(17-30)19-5-4-6-21(13-19)24(26,27)28/h4-10,13,20,23H,1-3,11-12,14-17H2/t20-,23+/m1/s1. The van der Waals surface area contributed by atoms with Gasteiger partial charge < -0.3 is 4.90 Å². The van der Waals surface area contributed by atoms with Crippen LogP contribution >= 0.6 is 11.6 Å². The maximum Gasteiger partial charge on any atom is 0.416 e. The molecule has 2 atom stereocenters. The SMILES string of the molecule is FC(F)(F)c1cccc([C@@H]2CN(Cc3ccc(Cl)cc3)C[C@H]2CN2CCCCC2)c1. The van der Waals surface area contributed by atoms with E-state index in [0.717, 1.165) is 44.8 Å². The molecule has 0 bridgehead atoms. The van der Waals surface area contributed by atoms with E-state index in [1.165, 1.54) is 37.0 Å². The highest BCUT2D eigenvalue weighted by Gasteiger charge is 2.37. The van der Waals surface area contributed by atoms with E-state index >= 15 is 0 Å². The lowest BCUT2D eigenvalue weighted by Gasteiger charge is -2.31. The summed E-state index contributed by atoms with van der Waals surface area (Å²) in [5, 5.41) is 0.713. The van der Waals surface area contributed by atoms with E-state index in [0.29, 0.717) is 10.9 Å². The number of likely N-dealkylation sites (tertiary alicyclic amines) is 2. The smallest absolute Gasteiger partial charge is 0.303 e. The molecule has 2 aliphatic rings. The molecule has 0 saturated carbocycles. The number of halogens is 4. The van der Waals surface area contributed by atoms with Gasteiger partial charge in [0.25, 0.3) is 0 Å². The van der Waals surface area contributed by atoms with Gasteiger partial charge in [-0.25, -0.2) is 0 Å². The summed E-state index contributed by atoms with van der Waals surface area (Å²) in [5.74, 6) is 0.445. The predicted molar refractivity (Wildman–Crippen MR) is 115 cm³/mol. The van der Waals surface area contributed by atoms with E-state index in [-0.39, 0.29) is 5.92 Å². The number of hydrogen-bond acceptors (Lipinski definition) is 2. The van der Waals surface area contributed by atoms with Crippen molar-refractivity contribution in [2.24, 2.45) is 5.92 Å².